The molecule has 1 rings (SSSR count). The molecule has 0 fully saturated rings. The second kappa shape index (κ2) is 10.7. The van der Waals surface area contributed by atoms with Crippen LogP contribution < -0.4 is 10.6 Å². The van der Waals surface area contributed by atoms with E-state index in [2.05, 4.69) is 10.6 Å². The molecule has 1 atom stereocenters. The molecule has 134 valence electrons. The van der Waals surface area contributed by atoms with Crippen LogP contribution in [0.15, 0.2) is 24.3 Å². The van der Waals surface area contributed by atoms with Crippen molar-refractivity contribution in [3.8, 4) is 0 Å². The maximum Gasteiger partial charge on any atom is 0.309 e. The second-order valence-corrected chi connectivity index (χ2v) is 5.76. The van der Waals surface area contributed by atoms with Gasteiger partial charge in [0.25, 0.3) is 0 Å². The number of amides is 2. The number of nitrogens with zero attached hydrogens (tertiary/aromatic N) is 1. The van der Waals surface area contributed by atoms with Crippen LogP contribution >= 0.6 is 0 Å². The molecule has 1 aromatic carbocycles. The van der Waals surface area contributed by atoms with E-state index in [0.717, 1.165) is 11.1 Å². The lowest BCUT2D eigenvalue weighted by Crippen LogP contribution is -2.43. The third kappa shape index (κ3) is 7.54. The van der Waals surface area contributed by atoms with Gasteiger partial charge in [0.1, 0.15) is 0 Å². The summed E-state index contributed by atoms with van der Waals surface area (Å²) in [5.74, 6) is -1.36. The van der Waals surface area contributed by atoms with Crippen LogP contribution in [-0.4, -0.2) is 68.8 Å². The first-order valence-electron chi connectivity index (χ1n) is 7.93. The highest BCUT2D eigenvalue weighted by atomic mass is 16.5. The summed E-state index contributed by atoms with van der Waals surface area (Å²) >= 11 is 0. The molecule has 0 bridgehead atoms. The summed E-state index contributed by atoms with van der Waals surface area (Å²) in [5, 5.41) is 14.1. The number of aryl methyl sites for hydroxylation is 1. The summed E-state index contributed by atoms with van der Waals surface area (Å²) in [6.07, 6.45) is -0.420. The van der Waals surface area contributed by atoms with Crippen molar-refractivity contribution >= 4 is 11.8 Å². The predicted molar refractivity (Wildman–Crippen MR) is 91.5 cm³/mol. The zero-order valence-electron chi connectivity index (χ0n) is 14.5. The molecular formula is C17H27N3O4. The SMILES string of the molecule is Cc1ccc(C(CNC(=O)C(=O)NCCN(C)C)OCCO)cc1. The summed E-state index contributed by atoms with van der Waals surface area (Å²) in [4.78, 5) is 25.5. The first-order valence-corrected chi connectivity index (χ1v) is 7.93. The van der Waals surface area contributed by atoms with Crippen LogP contribution in [0.3, 0.4) is 0 Å². The predicted octanol–water partition coefficient (Wildman–Crippen LogP) is -0.161. The number of ether oxygens (including phenoxy) is 1. The van der Waals surface area contributed by atoms with Crippen LogP contribution in [0.1, 0.15) is 17.2 Å². The normalized spacial score (nSPS) is 12.0. The number of aliphatic hydroxyl groups is 1. The number of likely N-dealkylation sites (N-methyl/N-ethyl adjacent to an activating group) is 1. The number of benzene rings is 1. The molecule has 7 heteroatoms. The fourth-order valence-electron chi connectivity index (χ4n) is 1.99. The molecule has 0 radical (unpaired) electrons. The summed E-state index contributed by atoms with van der Waals surface area (Å²) in [6, 6.07) is 7.70. The van der Waals surface area contributed by atoms with Crippen molar-refractivity contribution in [1.82, 2.24) is 15.5 Å². The van der Waals surface area contributed by atoms with Crippen molar-refractivity contribution in [3.63, 3.8) is 0 Å². The van der Waals surface area contributed by atoms with Crippen molar-refractivity contribution in [2.24, 2.45) is 0 Å². The zero-order valence-corrected chi connectivity index (χ0v) is 14.5. The van der Waals surface area contributed by atoms with Gasteiger partial charge >= 0.3 is 11.8 Å². The van der Waals surface area contributed by atoms with Gasteiger partial charge in [-0.3, -0.25) is 9.59 Å². The Balaban J connectivity index is 2.53. The Bertz CT molecular complexity index is 517. The van der Waals surface area contributed by atoms with E-state index >= 15 is 0 Å². The minimum absolute atomic E-state index is 0.110. The minimum Gasteiger partial charge on any atom is -0.394 e. The number of carbonyl (C=O) groups excluding carboxylic acids is 2. The van der Waals surface area contributed by atoms with E-state index in [0.29, 0.717) is 13.1 Å². The Hall–Kier alpha value is -1.96. The maximum atomic E-state index is 11.8. The van der Waals surface area contributed by atoms with Crippen molar-refractivity contribution in [1.29, 1.82) is 0 Å². The number of hydrogen-bond acceptors (Lipinski definition) is 5. The number of aliphatic hydroxyl groups excluding tert-OH is 1. The molecule has 7 nitrogen and oxygen atoms in total. The van der Waals surface area contributed by atoms with Crippen molar-refractivity contribution in [2.75, 3.05) is 46.9 Å². The van der Waals surface area contributed by atoms with Gasteiger partial charge in [-0.25, -0.2) is 0 Å². The lowest BCUT2D eigenvalue weighted by molar-refractivity contribution is -0.139. The molecule has 0 saturated heterocycles. The summed E-state index contributed by atoms with van der Waals surface area (Å²) in [7, 11) is 3.77. The smallest absolute Gasteiger partial charge is 0.309 e. The molecule has 0 saturated carbocycles. The Labute approximate surface area is 143 Å². The molecule has 0 aliphatic carbocycles. The number of hydrogen-bond donors (Lipinski definition) is 3. The van der Waals surface area contributed by atoms with Crippen LogP contribution in [0.4, 0.5) is 0 Å². The molecule has 3 N–H and O–H groups in total. The lowest BCUT2D eigenvalue weighted by atomic mass is 10.1. The van der Waals surface area contributed by atoms with E-state index in [1.54, 1.807) is 0 Å². The Morgan fingerprint density at radius 3 is 2.38 bits per heavy atom. The van der Waals surface area contributed by atoms with Gasteiger partial charge in [-0.05, 0) is 26.6 Å². The van der Waals surface area contributed by atoms with Gasteiger partial charge in [-0.15, -0.1) is 0 Å². The topological polar surface area (TPSA) is 90.9 Å². The molecular weight excluding hydrogens is 310 g/mol. The third-order valence-electron chi connectivity index (χ3n) is 3.36. The van der Waals surface area contributed by atoms with E-state index in [1.807, 2.05) is 50.2 Å². The molecule has 0 aliphatic heterocycles. The Morgan fingerprint density at radius 1 is 1.17 bits per heavy atom. The van der Waals surface area contributed by atoms with Gasteiger partial charge in [0.05, 0.1) is 19.3 Å². The summed E-state index contributed by atoms with van der Waals surface area (Å²) in [5.41, 5.74) is 1.99. The number of nitrogens with one attached hydrogen (secondary N) is 2. The van der Waals surface area contributed by atoms with Crippen LogP contribution in [0.5, 0.6) is 0 Å². The highest BCUT2D eigenvalue weighted by Gasteiger charge is 2.17. The summed E-state index contributed by atoms with van der Waals surface area (Å²) in [6.45, 7) is 3.24. The molecule has 0 heterocycles. The second-order valence-electron chi connectivity index (χ2n) is 5.76. The molecule has 2 amide bonds. The molecule has 24 heavy (non-hydrogen) atoms. The first kappa shape index (κ1) is 20.1. The van der Waals surface area contributed by atoms with Crippen molar-refractivity contribution < 1.29 is 19.4 Å². The quantitative estimate of drug-likeness (QED) is 0.545. The minimum atomic E-state index is -0.696. The largest absolute Gasteiger partial charge is 0.394 e. The fourth-order valence-corrected chi connectivity index (χ4v) is 1.99. The Morgan fingerprint density at radius 2 is 1.79 bits per heavy atom. The fraction of sp³-hybridized carbons (Fsp3) is 0.529. The highest BCUT2D eigenvalue weighted by molar-refractivity contribution is 6.35. The standard InChI is InChI=1S/C17H27N3O4/c1-13-4-6-14(7-5-13)15(24-11-10-21)12-19-17(23)16(22)18-8-9-20(2)3/h4-7,15,21H,8-12H2,1-3H3,(H,18,22)(H,19,23). The van der Waals surface area contributed by atoms with E-state index in [9.17, 15) is 9.59 Å². The Kier molecular flexibility index (Phi) is 8.99. The van der Waals surface area contributed by atoms with E-state index < -0.39 is 17.9 Å². The van der Waals surface area contributed by atoms with Crippen LogP contribution in [0.25, 0.3) is 0 Å². The molecule has 1 aromatic rings. The van der Waals surface area contributed by atoms with Crippen LogP contribution in [0, 0.1) is 6.92 Å². The van der Waals surface area contributed by atoms with Gasteiger partial charge in [-0.1, -0.05) is 29.8 Å². The molecule has 0 aromatic heterocycles. The van der Waals surface area contributed by atoms with Crippen LogP contribution in [-0.2, 0) is 14.3 Å². The van der Waals surface area contributed by atoms with Crippen molar-refractivity contribution in [2.45, 2.75) is 13.0 Å². The monoisotopic (exact) mass is 337 g/mol. The molecule has 0 aliphatic rings. The molecule has 1 unspecified atom stereocenters. The van der Waals surface area contributed by atoms with Gasteiger partial charge in [0.2, 0.25) is 0 Å². The van der Waals surface area contributed by atoms with E-state index in [4.69, 9.17) is 9.84 Å². The van der Waals surface area contributed by atoms with Crippen LogP contribution in [0.2, 0.25) is 0 Å². The van der Waals surface area contributed by atoms with Gasteiger partial charge in [0, 0.05) is 19.6 Å². The zero-order chi connectivity index (χ0) is 17.9. The number of carbonyl (C=O) groups is 2. The average Bonchev–Trinajstić information content (AvgIpc) is 2.55. The number of rotatable bonds is 9. The third-order valence-corrected chi connectivity index (χ3v) is 3.36. The first-order chi connectivity index (χ1) is 11.4. The summed E-state index contributed by atoms with van der Waals surface area (Å²) < 4.78 is 5.56. The maximum absolute atomic E-state index is 11.8. The average molecular weight is 337 g/mol. The highest BCUT2D eigenvalue weighted by Crippen LogP contribution is 2.17. The van der Waals surface area contributed by atoms with E-state index in [-0.39, 0.29) is 19.8 Å². The molecule has 0 spiro atoms. The van der Waals surface area contributed by atoms with Crippen molar-refractivity contribution in [3.05, 3.63) is 35.4 Å². The van der Waals surface area contributed by atoms with Gasteiger partial charge < -0.3 is 25.4 Å². The van der Waals surface area contributed by atoms with Gasteiger partial charge in [0.15, 0.2) is 0 Å². The van der Waals surface area contributed by atoms with Gasteiger partial charge in [-0.2, -0.15) is 0 Å². The lowest BCUT2D eigenvalue weighted by Gasteiger charge is -2.19. The van der Waals surface area contributed by atoms with E-state index in [1.165, 1.54) is 0 Å².